The summed E-state index contributed by atoms with van der Waals surface area (Å²) in [6.45, 7) is 22.3. The van der Waals surface area contributed by atoms with Crippen molar-refractivity contribution in [3.63, 3.8) is 0 Å². The number of nitrogen functional groups attached to an aromatic ring is 1. The summed E-state index contributed by atoms with van der Waals surface area (Å²) in [6, 6.07) is 10.5. The van der Waals surface area contributed by atoms with Gasteiger partial charge in [0.2, 0.25) is 5.91 Å². The molecule has 0 bridgehead atoms. The molecule has 0 unspecified atom stereocenters. The Labute approximate surface area is 684 Å². The predicted octanol–water partition coefficient (Wildman–Crippen LogP) is 8.38. The molecule has 0 spiro atoms. The third-order valence-electron chi connectivity index (χ3n) is 24.7. The van der Waals surface area contributed by atoms with Gasteiger partial charge in [-0.2, -0.15) is 25.7 Å². The Balaban J connectivity index is 0.000000151. The number of nitrogens with zero attached hydrogens (tertiary/aromatic N) is 23. The van der Waals surface area contributed by atoms with Gasteiger partial charge >= 0.3 is 5.97 Å². The number of H-pyrrole nitrogens is 2. The Morgan fingerprint density at radius 1 is 0.504 bits per heavy atom. The van der Waals surface area contributed by atoms with Crippen LogP contribution in [0.25, 0.3) is 0 Å². The van der Waals surface area contributed by atoms with E-state index >= 15 is 0 Å². The van der Waals surface area contributed by atoms with E-state index in [0.29, 0.717) is 48.5 Å². The number of methoxy groups -OCH3 is 1. The van der Waals surface area contributed by atoms with Gasteiger partial charge in [-0.05, 0) is 276 Å². The lowest BCUT2D eigenvalue weighted by molar-refractivity contribution is -0.137. The first-order valence-electron chi connectivity index (χ1n) is 42.2. The lowest BCUT2D eigenvalue weighted by Crippen LogP contribution is -2.43. The Bertz CT molecular complexity index is 4020. The maximum Gasteiger partial charge on any atom is 0.323 e. The van der Waals surface area contributed by atoms with Gasteiger partial charge in [0.15, 0.2) is 0 Å². The van der Waals surface area contributed by atoms with Crippen molar-refractivity contribution in [1.29, 1.82) is 5.26 Å². The molecule has 8 aliphatic heterocycles. The van der Waals surface area contributed by atoms with E-state index in [4.69, 9.17) is 20.8 Å². The molecule has 8 aliphatic rings. The fourth-order valence-corrected chi connectivity index (χ4v) is 17.0. The number of aryl methyl sites for hydroxylation is 3. The molecule has 6 N–H and O–H groups in total. The van der Waals surface area contributed by atoms with Gasteiger partial charge in [-0.15, -0.1) is 0 Å². The number of ether oxygens (including phenoxy) is 1. The number of aliphatic carboxylic acids is 1. The Kier molecular flexibility index (Phi) is 36.6. The van der Waals surface area contributed by atoms with Gasteiger partial charge in [-0.1, -0.05) is 0 Å². The molecule has 115 heavy (non-hydrogen) atoms. The summed E-state index contributed by atoms with van der Waals surface area (Å²) >= 11 is 0. The molecule has 0 atom stereocenters. The molecule has 0 radical (unpaired) electrons. The van der Waals surface area contributed by atoms with Gasteiger partial charge < -0.3 is 78.4 Å². The minimum atomic E-state index is -0.813. The maximum atomic E-state index is 11.4. The molecule has 31 nitrogen and oxygen atoms in total. The number of carboxylic acids is 1. The quantitative estimate of drug-likeness (QED) is 0.0643. The number of likely N-dealkylation sites (tertiary alicyclic amines) is 8. The standard InChI is InChI=1S/C12H20N4O.C11H16N4.C11H17N3O2.C11H19N3O.C11H19N3.C10H17N3.C9H16N4.C9H15N3/c1-13-11(17)9-16-8-5-14-12(16)10-3-6-15(2)7-4-10;1-14-6-2-10(3-7-14)11-13-5-9-15(11)8-4-12;1-13-5-2-9(3-6-13)11-12-4-7-14(11)8-10(15)16;1-13-7-4-11(15-3,5-8-13)10-12-6-9-14(10)2;1-3-14-11(4-7-12-14)10-5-8-13(2)9-6-10;1-12-7-4-9(5-8-12)10-3-6-11-13(10)2;1-13-4-2-7(3-5-13)8-6-9(10)12-11-8;1-12-6-3-8(4-7-12)9-2-5-10-11-9/h5,8,10H,3-4,6-7,9H2,1-2H3,(H,13,17);5,9-10H,2-3,6-8H2,1H3;4,7,9H,2-3,5-6,8H2,1H3,(H,15,16);6,9H,4-5,7-8H2,1-3H3;4,7,10H,3,5-6,8-9H2,1-2H3;3,6,9H,4-5,7-8H2,1-2H3;6-7H,2-5H2,1H3,(H3,10,11,12);2,5,8H,3-4,6-7H2,1H3,(H,10,11). The number of carbonyl (C=O) groups is 2. The van der Waals surface area contributed by atoms with E-state index in [1.807, 2.05) is 77.4 Å². The third kappa shape index (κ3) is 27.9. The van der Waals surface area contributed by atoms with Crippen molar-refractivity contribution >= 4 is 17.7 Å². The van der Waals surface area contributed by atoms with Crippen LogP contribution in [0.1, 0.15) is 197 Å². The predicted molar refractivity (Wildman–Crippen MR) is 452 cm³/mol. The lowest BCUT2D eigenvalue weighted by atomic mass is 9.90. The molecular formula is C84H139N27O4. The van der Waals surface area contributed by atoms with Crippen LogP contribution in [-0.2, 0) is 60.2 Å². The van der Waals surface area contributed by atoms with Gasteiger partial charge in [0.25, 0.3) is 0 Å². The van der Waals surface area contributed by atoms with Gasteiger partial charge in [-0.3, -0.25) is 29.2 Å². The maximum absolute atomic E-state index is 11.4. The number of hydrogen-bond acceptors (Lipinski definition) is 21. The summed E-state index contributed by atoms with van der Waals surface area (Å²) in [5, 5.41) is 42.7. The number of nitriles is 1. The summed E-state index contributed by atoms with van der Waals surface area (Å²) in [5.74, 6) is 8.17. The van der Waals surface area contributed by atoms with E-state index in [2.05, 4.69) is 192 Å². The number of nitrogens with one attached hydrogen (secondary N) is 3. The molecule has 8 saturated heterocycles. The van der Waals surface area contributed by atoms with Gasteiger partial charge in [0.05, 0.1) is 6.07 Å². The molecular weight excluding hydrogens is 1450 g/mol. The fourth-order valence-electron chi connectivity index (χ4n) is 17.0. The van der Waals surface area contributed by atoms with Crippen LogP contribution in [-0.4, -0.2) is 310 Å². The molecule has 1 amide bonds. The number of hydrogen-bond donors (Lipinski definition) is 5. The summed E-state index contributed by atoms with van der Waals surface area (Å²) in [5.41, 5.74) is 10.7. The van der Waals surface area contributed by atoms with Crippen LogP contribution in [0, 0.1) is 11.3 Å². The van der Waals surface area contributed by atoms with E-state index in [1.165, 1.54) is 127 Å². The highest BCUT2D eigenvalue weighted by atomic mass is 16.5. The number of rotatable bonds is 15. The van der Waals surface area contributed by atoms with Crippen molar-refractivity contribution in [2.75, 3.05) is 181 Å². The number of imidazole rings is 4. The van der Waals surface area contributed by atoms with Crippen molar-refractivity contribution in [1.82, 2.24) is 123 Å². The number of aromatic nitrogens is 16. The number of aromatic amines is 2. The summed E-state index contributed by atoms with van der Waals surface area (Å²) in [7, 11) is 24.8. The number of likely N-dealkylation sites (N-methyl/N-ethyl adjacent to an activating group) is 1. The van der Waals surface area contributed by atoms with E-state index < -0.39 is 5.97 Å². The molecule has 0 aromatic carbocycles. The van der Waals surface area contributed by atoms with Crippen molar-refractivity contribution < 1.29 is 19.4 Å². The zero-order valence-corrected chi connectivity index (χ0v) is 71.7. The van der Waals surface area contributed by atoms with Crippen LogP contribution >= 0.6 is 0 Å². The van der Waals surface area contributed by atoms with Gasteiger partial charge in [0, 0.05) is 186 Å². The van der Waals surface area contributed by atoms with E-state index in [1.54, 1.807) is 43.5 Å². The number of anilines is 1. The highest BCUT2D eigenvalue weighted by Gasteiger charge is 2.39. The summed E-state index contributed by atoms with van der Waals surface area (Å²) in [4.78, 5) is 58.5. The topological polar surface area (TPSA) is 316 Å². The van der Waals surface area contributed by atoms with Crippen LogP contribution in [0.15, 0.2) is 92.4 Å². The number of carboxylic acid groups (broad SMARTS) is 1. The average molecular weight is 1590 g/mol. The zero-order valence-electron chi connectivity index (χ0n) is 71.7. The molecule has 16 rings (SSSR count). The second-order valence-electron chi connectivity index (χ2n) is 33.1. The summed E-state index contributed by atoms with van der Waals surface area (Å²) < 4.78 is 17.6. The third-order valence-corrected chi connectivity index (χ3v) is 24.7. The highest BCUT2D eigenvalue weighted by Crippen LogP contribution is 2.36. The van der Waals surface area contributed by atoms with Crippen LogP contribution < -0.4 is 11.1 Å². The number of carbonyl (C=O) groups excluding carboxylic acids is 1. The van der Waals surface area contributed by atoms with Crippen LogP contribution in [0.4, 0.5) is 5.82 Å². The second kappa shape index (κ2) is 46.5. The van der Waals surface area contributed by atoms with Crippen molar-refractivity contribution in [3.05, 3.63) is 139 Å². The first-order chi connectivity index (χ1) is 55.5. The number of nitrogens with two attached hydrogens (primary N) is 1. The molecule has 8 aromatic heterocycles. The van der Waals surface area contributed by atoms with Crippen molar-refractivity contribution in [3.8, 4) is 6.07 Å². The highest BCUT2D eigenvalue weighted by molar-refractivity contribution is 5.75. The normalized spacial score (nSPS) is 20.0. The molecule has 634 valence electrons. The van der Waals surface area contributed by atoms with Crippen molar-refractivity contribution in [2.45, 2.75) is 183 Å². The number of amides is 1. The molecule has 16 heterocycles. The first kappa shape index (κ1) is 90.5. The van der Waals surface area contributed by atoms with Gasteiger partial charge in [-0.25, -0.2) is 19.9 Å². The Morgan fingerprint density at radius 3 is 1.29 bits per heavy atom. The van der Waals surface area contributed by atoms with Crippen LogP contribution in [0.3, 0.4) is 0 Å². The van der Waals surface area contributed by atoms with E-state index in [9.17, 15) is 9.59 Å². The Hall–Kier alpha value is -8.45. The largest absolute Gasteiger partial charge is 0.480 e. The van der Waals surface area contributed by atoms with Crippen molar-refractivity contribution in [2.24, 2.45) is 14.1 Å². The minimum absolute atomic E-state index is 0.0155. The lowest BCUT2D eigenvalue weighted by Gasteiger charge is -2.38. The smallest absolute Gasteiger partial charge is 0.323 e. The van der Waals surface area contributed by atoms with E-state index in [-0.39, 0.29) is 18.1 Å². The first-order valence-corrected chi connectivity index (χ1v) is 42.2. The molecule has 31 heteroatoms. The second-order valence-corrected chi connectivity index (χ2v) is 33.1. The molecule has 8 aromatic rings. The molecule has 8 fully saturated rings. The molecule has 0 aliphatic carbocycles. The van der Waals surface area contributed by atoms with Gasteiger partial charge in [0.1, 0.15) is 54.4 Å². The monoisotopic (exact) mass is 1590 g/mol. The van der Waals surface area contributed by atoms with Crippen LogP contribution in [0.2, 0.25) is 0 Å². The van der Waals surface area contributed by atoms with Crippen LogP contribution in [0.5, 0.6) is 0 Å². The number of piperidine rings is 8. The average Bonchev–Trinajstić information content (AvgIpc) is 1.76. The minimum Gasteiger partial charge on any atom is -0.480 e. The van der Waals surface area contributed by atoms with E-state index in [0.717, 1.165) is 145 Å². The summed E-state index contributed by atoms with van der Waals surface area (Å²) in [6.07, 6.45) is 39.1. The molecule has 0 saturated carbocycles. The Morgan fingerprint density at radius 2 is 0.904 bits per heavy atom. The zero-order chi connectivity index (χ0) is 82.2. The fraction of sp³-hybridized carbons (Fsp3) is 0.679. The SMILES string of the molecule is CCn1nccc1C1CCN(C)CC1.CN1CCC(c2cc(N)n[nH]2)CC1.CN1CCC(c2ccn[nH]2)CC1.CN1CCC(c2ccnn2C)CC1.CN1CCC(c2nccn2CC#N)CC1.CN1CCC(c2nccn2CC(=O)O)CC1.CNC(=O)Cn1ccnc1C1CCN(C)CC1.COC1(c2nccn2C)CCN(C)CC1.